The van der Waals surface area contributed by atoms with Crippen LogP contribution in [0, 0.1) is 0 Å². The lowest BCUT2D eigenvalue weighted by molar-refractivity contribution is -0.139. The molecule has 6 heteroatoms. The monoisotopic (exact) mass is 253 g/mol. The molecule has 1 atom stereocenters. The number of benzene rings is 1. The molecule has 1 unspecified atom stereocenters. The summed E-state index contributed by atoms with van der Waals surface area (Å²) in [5.74, 6) is -0.867. The SMILES string of the molecule is COC(C)C(=O)Nc1ccc(OCC(=O)O)cc1. The van der Waals surface area contributed by atoms with Crippen LogP contribution in [0.4, 0.5) is 5.69 Å². The predicted molar refractivity (Wildman–Crippen MR) is 64.7 cm³/mol. The molecule has 1 aromatic carbocycles. The van der Waals surface area contributed by atoms with Crippen molar-refractivity contribution in [1.29, 1.82) is 0 Å². The van der Waals surface area contributed by atoms with Crippen molar-refractivity contribution >= 4 is 17.6 Å². The van der Waals surface area contributed by atoms with Crippen LogP contribution in [0.1, 0.15) is 6.92 Å². The fourth-order valence-electron chi connectivity index (χ4n) is 1.13. The number of nitrogens with one attached hydrogen (secondary N) is 1. The van der Waals surface area contributed by atoms with Crippen LogP contribution in [0.3, 0.4) is 0 Å². The minimum Gasteiger partial charge on any atom is -0.482 e. The van der Waals surface area contributed by atoms with Crippen LogP contribution >= 0.6 is 0 Å². The Morgan fingerprint density at radius 2 is 1.94 bits per heavy atom. The molecule has 0 heterocycles. The molecule has 0 saturated heterocycles. The maximum atomic E-state index is 11.5. The summed E-state index contributed by atoms with van der Waals surface area (Å²) in [6.07, 6.45) is -0.534. The second kappa shape index (κ2) is 6.61. The van der Waals surface area contributed by atoms with E-state index in [-0.39, 0.29) is 5.91 Å². The minimum atomic E-state index is -1.04. The van der Waals surface area contributed by atoms with Crippen molar-refractivity contribution < 1.29 is 24.2 Å². The Morgan fingerprint density at radius 1 is 1.33 bits per heavy atom. The lowest BCUT2D eigenvalue weighted by atomic mass is 10.3. The van der Waals surface area contributed by atoms with E-state index >= 15 is 0 Å². The molecule has 0 radical (unpaired) electrons. The van der Waals surface area contributed by atoms with Crippen LogP contribution in [0.2, 0.25) is 0 Å². The smallest absolute Gasteiger partial charge is 0.341 e. The zero-order valence-electron chi connectivity index (χ0n) is 10.2. The lowest BCUT2D eigenvalue weighted by Gasteiger charge is -2.10. The van der Waals surface area contributed by atoms with Crippen LogP contribution in [0.5, 0.6) is 5.75 Å². The number of ether oxygens (including phenoxy) is 2. The van der Waals surface area contributed by atoms with Gasteiger partial charge in [0.05, 0.1) is 0 Å². The fraction of sp³-hybridized carbons (Fsp3) is 0.333. The highest BCUT2D eigenvalue weighted by atomic mass is 16.5. The highest BCUT2D eigenvalue weighted by molar-refractivity contribution is 5.93. The first-order chi connectivity index (χ1) is 8.52. The quantitative estimate of drug-likeness (QED) is 0.793. The number of carbonyl (C=O) groups excluding carboxylic acids is 1. The number of hydrogen-bond acceptors (Lipinski definition) is 4. The Balaban J connectivity index is 2.55. The Hall–Kier alpha value is -2.08. The number of aliphatic carboxylic acids is 1. The molecular weight excluding hydrogens is 238 g/mol. The van der Waals surface area contributed by atoms with Crippen molar-refractivity contribution in [2.24, 2.45) is 0 Å². The summed E-state index contributed by atoms with van der Waals surface area (Å²) >= 11 is 0. The van der Waals surface area contributed by atoms with Gasteiger partial charge in [0.15, 0.2) is 6.61 Å². The van der Waals surface area contributed by atoms with Gasteiger partial charge in [-0.2, -0.15) is 0 Å². The molecule has 2 N–H and O–H groups in total. The summed E-state index contributed by atoms with van der Waals surface area (Å²) in [4.78, 5) is 21.8. The first-order valence-electron chi connectivity index (χ1n) is 5.31. The van der Waals surface area contributed by atoms with Crippen LogP contribution < -0.4 is 10.1 Å². The van der Waals surface area contributed by atoms with Crippen molar-refractivity contribution in [3.8, 4) is 5.75 Å². The number of anilines is 1. The van der Waals surface area contributed by atoms with E-state index in [2.05, 4.69) is 5.32 Å². The molecule has 1 aromatic rings. The Morgan fingerprint density at radius 3 is 2.44 bits per heavy atom. The number of amides is 1. The minimum absolute atomic E-state index is 0.253. The molecule has 98 valence electrons. The van der Waals surface area contributed by atoms with Crippen molar-refractivity contribution in [1.82, 2.24) is 0 Å². The Bertz CT molecular complexity index is 415. The van der Waals surface area contributed by atoms with Crippen molar-refractivity contribution in [3.05, 3.63) is 24.3 Å². The average Bonchev–Trinajstić information content (AvgIpc) is 2.36. The molecule has 0 aliphatic carbocycles. The van der Waals surface area contributed by atoms with Gasteiger partial charge in [0, 0.05) is 12.8 Å². The van der Waals surface area contributed by atoms with Crippen LogP contribution in [0.15, 0.2) is 24.3 Å². The third-order valence-corrected chi connectivity index (χ3v) is 2.21. The van der Waals surface area contributed by atoms with E-state index in [0.717, 1.165) is 0 Å². The molecular formula is C12H15NO5. The summed E-state index contributed by atoms with van der Waals surface area (Å²) in [5, 5.41) is 11.1. The second-order valence-corrected chi connectivity index (χ2v) is 3.57. The van der Waals surface area contributed by atoms with Crippen LogP contribution in [0.25, 0.3) is 0 Å². The van der Waals surface area contributed by atoms with Gasteiger partial charge < -0.3 is 19.9 Å². The maximum Gasteiger partial charge on any atom is 0.341 e. The summed E-state index contributed by atoms with van der Waals surface area (Å²) in [5.41, 5.74) is 0.589. The highest BCUT2D eigenvalue weighted by Gasteiger charge is 2.11. The maximum absolute atomic E-state index is 11.5. The average molecular weight is 253 g/mol. The van der Waals surface area contributed by atoms with Crippen LogP contribution in [-0.4, -0.2) is 36.8 Å². The summed E-state index contributed by atoms with van der Waals surface area (Å²) < 4.78 is 9.83. The van der Waals surface area contributed by atoms with Gasteiger partial charge in [-0.1, -0.05) is 0 Å². The molecule has 0 bridgehead atoms. The molecule has 0 fully saturated rings. The van der Waals surface area contributed by atoms with Gasteiger partial charge in [-0.05, 0) is 31.2 Å². The van der Waals surface area contributed by atoms with E-state index < -0.39 is 18.7 Å². The van der Waals surface area contributed by atoms with Gasteiger partial charge in [-0.25, -0.2) is 4.79 Å². The van der Waals surface area contributed by atoms with Crippen LogP contribution in [-0.2, 0) is 14.3 Å². The first kappa shape index (κ1) is 14.0. The second-order valence-electron chi connectivity index (χ2n) is 3.57. The molecule has 0 spiro atoms. The number of carbonyl (C=O) groups is 2. The number of carboxylic acid groups (broad SMARTS) is 1. The molecule has 1 rings (SSSR count). The third-order valence-electron chi connectivity index (χ3n) is 2.21. The van der Waals surface area contributed by atoms with E-state index in [1.165, 1.54) is 7.11 Å². The van der Waals surface area contributed by atoms with Crippen molar-refractivity contribution in [2.75, 3.05) is 19.0 Å². The molecule has 0 aromatic heterocycles. The number of rotatable bonds is 6. The Labute approximate surface area is 105 Å². The molecule has 18 heavy (non-hydrogen) atoms. The van der Waals surface area contributed by atoms with E-state index in [9.17, 15) is 9.59 Å². The molecule has 0 saturated carbocycles. The topological polar surface area (TPSA) is 84.9 Å². The zero-order valence-corrected chi connectivity index (χ0v) is 10.2. The van der Waals surface area contributed by atoms with E-state index in [4.69, 9.17) is 14.6 Å². The van der Waals surface area contributed by atoms with Gasteiger partial charge >= 0.3 is 5.97 Å². The molecule has 0 aliphatic rings. The number of methoxy groups -OCH3 is 1. The van der Waals surface area contributed by atoms with Gasteiger partial charge in [-0.3, -0.25) is 4.79 Å². The van der Waals surface area contributed by atoms with E-state index in [1.54, 1.807) is 31.2 Å². The standard InChI is InChI=1S/C12H15NO5/c1-8(17-2)12(16)13-9-3-5-10(6-4-9)18-7-11(14)15/h3-6,8H,7H2,1-2H3,(H,13,16)(H,14,15). The van der Waals surface area contributed by atoms with Gasteiger partial charge in [-0.15, -0.1) is 0 Å². The summed E-state index contributed by atoms with van der Waals surface area (Å²) in [6, 6.07) is 6.40. The number of hydrogen-bond donors (Lipinski definition) is 2. The molecule has 1 amide bonds. The van der Waals surface area contributed by atoms with Crippen molar-refractivity contribution in [2.45, 2.75) is 13.0 Å². The number of carboxylic acids is 1. The molecule has 6 nitrogen and oxygen atoms in total. The first-order valence-corrected chi connectivity index (χ1v) is 5.31. The summed E-state index contributed by atoms with van der Waals surface area (Å²) in [7, 11) is 1.45. The van der Waals surface area contributed by atoms with Crippen molar-refractivity contribution in [3.63, 3.8) is 0 Å². The van der Waals surface area contributed by atoms with E-state index in [0.29, 0.717) is 11.4 Å². The normalized spacial score (nSPS) is 11.7. The van der Waals surface area contributed by atoms with Gasteiger partial charge in [0.2, 0.25) is 0 Å². The van der Waals surface area contributed by atoms with E-state index in [1.807, 2.05) is 0 Å². The predicted octanol–water partition coefficient (Wildman–Crippen LogP) is 1.12. The molecule has 0 aliphatic heterocycles. The zero-order chi connectivity index (χ0) is 13.5. The Kier molecular flexibility index (Phi) is 5.13. The largest absolute Gasteiger partial charge is 0.482 e. The fourth-order valence-corrected chi connectivity index (χ4v) is 1.13. The summed E-state index contributed by atoms with van der Waals surface area (Å²) in [6.45, 7) is 1.24. The third kappa shape index (κ3) is 4.42. The van der Waals surface area contributed by atoms with Gasteiger partial charge in [0.25, 0.3) is 5.91 Å². The lowest BCUT2D eigenvalue weighted by Crippen LogP contribution is -2.26. The van der Waals surface area contributed by atoms with Gasteiger partial charge in [0.1, 0.15) is 11.9 Å². The highest BCUT2D eigenvalue weighted by Crippen LogP contribution is 2.15.